The first-order valence-electron chi connectivity index (χ1n) is 7.40. The Bertz CT molecular complexity index is 833. The Kier molecular flexibility index (Phi) is 6.02. The third kappa shape index (κ3) is 5.01. The number of rotatable bonds is 5. The van der Waals surface area contributed by atoms with Crippen LogP contribution in [0.2, 0.25) is 0 Å². The molecule has 5 nitrogen and oxygen atoms in total. The van der Waals surface area contributed by atoms with E-state index in [-0.39, 0.29) is 23.5 Å². The van der Waals surface area contributed by atoms with Gasteiger partial charge in [0.15, 0.2) is 0 Å². The number of nitrogens with zero attached hydrogens (tertiary/aromatic N) is 1. The van der Waals surface area contributed by atoms with Gasteiger partial charge in [-0.1, -0.05) is 12.1 Å². The fourth-order valence-electron chi connectivity index (χ4n) is 1.90. The summed E-state index contributed by atoms with van der Waals surface area (Å²) < 4.78 is 22.8. The molecule has 0 aliphatic heterocycles. The van der Waals surface area contributed by atoms with Crippen LogP contribution in [0.15, 0.2) is 54.1 Å². The molecule has 126 valence electrons. The van der Waals surface area contributed by atoms with Crippen molar-refractivity contribution in [1.82, 2.24) is 0 Å². The van der Waals surface area contributed by atoms with Gasteiger partial charge in [-0.05, 0) is 55.0 Å². The van der Waals surface area contributed by atoms with Crippen molar-refractivity contribution in [2.45, 2.75) is 6.92 Å². The molecule has 2 aromatic carbocycles. The molecule has 0 radical (unpaired) electrons. The maximum absolute atomic E-state index is 12.8. The fourth-order valence-corrected chi connectivity index (χ4v) is 1.90. The zero-order valence-corrected chi connectivity index (χ0v) is 13.4. The number of esters is 2. The molecule has 0 saturated carbocycles. The molecule has 0 fully saturated rings. The van der Waals surface area contributed by atoms with Crippen LogP contribution >= 0.6 is 0 Å². The van der Waals surface area contributed by atoms with Crippen LogP contribution in [-0.2, 0) is 9.53 Å². The molecule has 0 heterocycles. The SMILES string of the molecule is CCOC(=O)/C(C#N)=C\c1ccc(OC(=O)c2ccc(F)cc2)cc1. The average Bonchev–Trinajstić information content (AvgIpc) is 2.61. The molecule has 0 aliphatic carbocycles. The molecule has 2 rings (SSSR count). The molecule has 0 N–H and O–H groups in total. The van der Waals surface area contributed by atoms with Gasteiger partial charge in [0.05, 0.1) is 12.2 Å². The molecule has 0 spiro atoms. The second-order valence-corrected chi connectivity index (χ2v) is 4.86. The number of hydrogen-bond acceptors (Lipinski definition) is 5. The Labute approximate surface area is 143 Å². The summed E-state index contributed by atoms with van der Waals surface area (Å²) in [6.45, 7) is 1.83. The monoisotopic (exact) mass is 339 g/mol. The largest absolute Gasteiger partial charge is 0.462 e. The first-order valence-corrected chi connectivity index (χ1v) is 7.40. The van der Waals surface area contributed by atoms with E-state index in [0.29, 0.717) is 5.56 Å². The molecule has 0 unspecified atom stereocenters. The van der Waals surface area contributed by atoms with Gasteiger partial charge in [0.2, 0.25) is 0 Å². The summed E-state index contributed by atoms with van der Waals surface area (Å²) in [5, 5.41) is 8.99. The first-order chi connectivity index (χ1) is 12.0. The molecule has 2 aromatic rings. The minimum atomic E-state index is -0.697. The summed E-state index contributed by atoms with van der Waals surface area (Å²) in [4.78, 5) is 23.5. The lowest BCUT2D eigenvalue weighted by Crippen LogP contribution is -2.08. The Morgan fingerprint density at radius 2 is 1.76 bits per heavy atom. The van der Waals surface area contributed by atoms with Gasteiger partial charge in [0.1, 0.15) is 23.2 Å². The van der Waals surface area contributed by atoms with Gasteiger partial charge >= 0.3 is 11.9 Å². The van der Waals surface area contributed by atoms with Crippen molar-refractivity contribution >= 4 is 18.0 Å². The normalized spacial score (nSPS) is 10.7. The van der Waals surface area contributed by atoms with Crippen LogP contribution in [0.3, 0.4) is 0 Å². The van der Waals surface area contributed by atoms with Crippen molar-refractivity contribution in [1.29, 1.82) is 5.26 Å². The number of ether oxygens (including phenoxy) is 2. The Morgan fingerprint density at radius 3 is 2.32 bits per heavy atom. The van der Waals surface area contributed by atoms with Gasteiger partial charge in [0, 0.05) is 0 Å². The lowest BCUT2D eigenvalue weighted by atomic mass is 10.1. The van der Waals surface area contributed by atoms with Gasteiger partial charge in [-0.15, -0.1) is 0 Å². The zero-order chi connectivity index (χ0) is 18.2. The Morgan fingerprint density at radius 1 is 1.12 bits per heavy atom. The lowest BCUT2D eigenvalue weighted by molar-refractivity contribution is -0.137. The minimum absolute atomic E-state index is 0.127. The van der Waals surface area contributed by atoms with E-state index in [1.807, 2.05) is 0 Å². The van der Waals surface area contributed by atoms with Gasteiger partial charge in [-0.2, -0.15) is 5.26 Å². The van der Waals surface area contributed by atoms with Crippen LogP contribution < -0.4 is 4.74 Å². The molecular formula is C19H14FNO4. The predicted molar refractivity (Wildman–Crippen MR) is 88.0 cm³/mol. The highest BCUT2D eigenvalue weighted by Crippen LogP contribution is 2.17. The van der Waals surface area contributed by atoms with Gasteiger partial charge < -0.3 is 9.47 Å². The number of carbonyl (C=O) groups excluding carboxylic acids is 2. The first kappa shape index (κ1) is 17.9. The van der Waals surface area contributed by atoms with E-state index in [1.165, 1.54) is 42.5 Å². The number of hydrogen-bond donors (Lipinski definition) is 0. The third-order valence-corrected chi connectivity index (χ3v) is 3.10. The molecule has 0 aromatic heterocycles. The summed E-state index contributed by atoms with van der Waals surface area (Å²) in [5.41, 5.74) is 0.670. The summed E-state index contributed by atoms with van der Waals surface area (Å²) in [7, 11) is 0. The highest BCUT2D eigenvalue weighted by Gasteiger charge is 2.11. The molecule has 0 saturated heterocycles. The highest BCUT2D eigenvalue weighted by molar-refractivity contribution is 5.97. The summed E-state index contributed by atoms with van der Waals surface area (Å²) in [6, 6.07) is 13.0. The van der Waals surface area contributed by atoms with Crippen LogP contribution in [0, 0.1) is 17.1 Å². The van der Waals surface area contributed by atoms with Crippen LogP contribution in [0.4, 0.5) is 4.39 Å². The summed E-state index contributed by atoms with van der Waals surface area (Å²) >= 11 is 0. The second-order valence-electron chi connectivity index (χ2n) is 4.86. The van der Waals surface area contributed by atoms with Crippen molar-refractivity contribution in [3.8, 4) is 11.8 Å². The molecule has 0 bridgehead atoms. The maximum atomic E-state index is 12.8. The molecule has 0 aliphatic rings. The van der Waals surface area contributed by atoms with Crippen LogP contribution in [0.1, 0.15) is 22.8 Å². The lowest BCUT2D eigenvalue weighted by Gasteiger charge is -2.05. The van der Waals surface area contributed by atoms with Crippen molar-refractivity contribution < 1.29 is 23.5 Å². The van der Waals surface area contributed by atoms with Gasteiger partial charge in [0.25, 0.3) is 0 Å². The van der Waals surface area contributed by atoms with Crippen LogP contribution in [0.5, 0.6) is 5.75 Å². The van der Waals surface area contributed by atoms with Crippen molar-refractivity contribution in [3.63, 3.8) is 0 Å². The van der Waals surface area contributed by atoms with E-state index in [9.17, 15) is 14.0 Å². The smallest absolute Gasteiger partial charge is 0.348 e. The van der Waals surface area contributed by atoms with Gasteiger partial charge in [-0.3, -0.25) is 0 Å². The number of nitriles is 1. The van der Waals surface area contributed by atoms with E-state index in [1.54, 1.807) is 25.1 Å². The molecule has 0 atom stereocenters. The van der Waals surface area contributed by atoms with Crippen LogP contribution in [0.25, 0.3) is 6.08 Å². The molecule has 25 heavy (non-hydrogen) atoms. The minimum Gasteiger partial charge on any atom is -0.462 e. The fraction of sp³-hybridized carbons (Fsp3) is 0.105. The zero-order valence-electron chi connectivity index (χ0n) is 13.4. The average molecular weight is 339 g/mol. The number of halogens is 1. The van der Waals surface area contributed by atoms with E-state index in [4.69, 9.17) is 14.7 Å². The standard InChI is InChI=1S/C19H14FNO4/c1-2-24-18(22)15(12-21)11-13-3-9-17(10-4-13)25-19(23)14-5-7-16(20)8-6-14/h3-11H,2H2,1H3/b15-11-. The summed E-state index contributed by atoms with van der Waals surface area (Å²) in [6.07, 6.45) is 1.38. The molecule has 6 heteroatoms. The van der Waals surface area contributed by atoms with E-state index in [0.717, 1.165) is 0 Å². The maximum Gasteiger partial charge on any atom is 0.348 e. The van der Waals surface area contributed by atoms with Crippen LogP contribution in [-0.4, -0.2) is 18.5 Å². The quantitative estimate of drug-likeness (QED) is 0.360. The van der Waals surface area contributed by atoms with E-state index in [2.05, 4.69) is 0 Å². The van der Waals surface area contributed by atoms with Gasteiger partial charge in [-0.25, -0.2) is 14.0 Å². The molecule has 0 amide bonds. The van der Waals surface area contributed by atoms with E-state index < -0.39 is 17.8 Å². The number of benzene rings is 2. The number of carbonyl (C=O) groups is 2. The van der Waals surface area contributed by atoms with Crippen molar-refractivity contribution in [2.24, 2.45) is 0 Å². The Balaban J connectivity index is 2.09. The summed E-state index contributed by atoms with van der Waals surface area (Å²) in [5.74, 6) is -1.48. The Hall–Kier alpha value is -3.46. The van der Waals surface area contributed by atoms with E-state index >= 15 is 0 Å². The van der Waals surface area contributed by atoms with Crippen molar-refractivity contribution in [2.75, 3.05) is 6.61 Å². The van der Waals surface area contributed by atoms with Crippen molar-refractivity contribution in [3.05, 3.63) is 71.0 Å². The second kappa shape index (κ2) is 8.41. The predicted octanol–water partition coefficient (Wildman–Crippen LogP) is 3.51. The topological polar surface area (TPSA) is 76.4 Å². The molecular weight excluding hydrogens is 325 g/mol. The third-order valence-electron chi connectivity index (χ3n) is 3.10. The highest BCUT2D eigenvalue weighted by atomic mass is 19.1.